The highest BCUT2D eigenvalue weighted by Gasteiger charge is 2.31. The first-order valence-electron chi connectivity index (χ1n) is 5.32. The SMILES string of the molecule is NC(=O)c1ccc(C(F)(F)F)cc1-c1ccccn1. The molecule has 19 heavy (non-hydrogen) atoms. The van der Waals surface area contributed by atoms with Crippen LogP contribution in [0.15, 0.2) is 42.6 Å². The summed E-state index contributed by atoms with van der Waals surface area (Å²) < 4.78 is 38.0. The van der Waals surface area contributed by atoms with Crippen LogP contribution in [0.3, 0.4) is 0 Å². The third-order valence-electron chi connectivity index (χ3n) is 2.55. The molecule has 2 rings (SSSR count). The Morgan fingerprint density at radius 1 is 1.16 bits per heavy atom. The third-order valence-corrected chi connectivity index (χ3v) is 2.55. The fourth-order valence-corrected chi connectivity index (χ4v) is 1.67. The van der Waals surface area contributed by atoms with Crippen molar-refractivity contribution in [2.45, 2.75) is 6.18 Å². The van der Waals surface area contributed by atoms with Gasteiger partial charge in [0, 0.05) is 17.3 Å². The van der Waals surface area contributed by atoms with Crippen LogP contribution in [-0.2, 0) is 6.18 Å². The molecule has 98 valence electrons. The zero-order chi connectivity index (χ0) is 14.0. The second-order valence-electron chi connectivity index (χ2n) is 3.84. The van der Waals surface area contributed by atoms with Crippen LogP contribution >= 0.6 is 0 Å². The number of pyridine rings is 1. The summed E-state index contributed by atoms with van der Waals surface area (Å²) in [5, 5.41) is 0. The minimum Gasteiger partial charge on any atom is -0.366 e. The average Bonchev–Trinajstić information content (AvgIpc) is 2.38. The van der Waals surface area contributed by atoms with E-state index in [4.69, 9.17) is 5.73 Å². The van der Waals surface area contributed by atoms with Gasteiger partial charge in [0.15, 0.2) is 0 Å². The summed E-state index contributed by atoms with van der Waals surface area (Å²) in [5.41, 5.74) is 4.66. The lowest BCUT2D eigenvalue weighted by molar-refractivity contribution is -0.137. The van der Waals surface area contributed by atoms with E-state index in [0.29, 0.717) is 0 Å². The van der Waals surface area contributed by atoms with Gasteiger partial charge in [-0.2, -0.15) is 13.2 Å². The first-order valence-corrected chi connectivity index (χ1v) is 5.32. The maximum absolute atomic E-state index is 12.7. The number of aromatic nitrogens is 1. The van der Waals surface area contributed by atoms with Crippen molar-refractivity contribution in [2.24, 2.45) is 5.73 Å². The zero-order valence-electron chi connectivity index (χ0n) is 9.61. The number of primary amides is 1. The van der Waals surface area contributed by atoms with Crippen LogP contribution in [0.25, 0.3) is 11.3 Å². The summed E-state index contributed by atoms with van der Waals surface area (Å²) >= 11 is 0. The van der Waals surface area contributed by atoms with Crippen LogP contribution in [0.1, 0.15) is 15.9 Å². The Balaban J connectivity index is 2.65. The lowest BCUT2D eigenvalue weighted by atomic mass is 10.00. The normalized spacial score (nSPS) is 11.3. The van der Waals surface area contributed by atoms with E-state index in [0.717, 1.165) is 18.2 Å². The fourth-order valence-electron chi connectivity index (χ4n) is 1.67. The van der Waals surface area contributed by atoms with Gasteiger partial charge in [-0.25, -0.2) is 0 Å². The highest BCUT2D eigenvalue weighted by molar-refractivity contribution is 5.99. The molecule has 2 N–H and O–H groups in total. The molecule has 1 amide bonds. The molecule has 1 aromatic heterocycles. The largest absolute Gasteiger partial charge is 0.416 e. The Morgan fingerprint density at radius 2 is 1.89 bits per heavy atom. The molecule has 0 saturated heterocycles. The van der Waals surface area contributed by atoms with Gasteiger partial charge in [-0.05, 0) is 30.3 Å². The van der Waals surface area contributed by atoms with Gasteiger partial charge < -0.3 is 5.73 Å². The smallest absolute Gasteiger partial charge is 0.366 e. The molecule has 0 atom stereocenters. The van der Waals surface area contributed by atoms with E-state index in [1.165, 1.54) is 12.3 Å². The van der Waals surface area contributed by atoms with E-state index in [1.54, 1.807) is 12.1 Å². The number of alkyl halides is 3. The van der Waals surface area contributed by atoms with Crippen LogP contribution in [0.2, 0.25) is 0 Å². The number of benzene rings is 1. The molecule has 0 fully saturated rings. The Kier molecular flexibility index (Phi) is 3.25. The number of carbonyl (C=O) groups excluding carboxylic acids is 1. The summed E-state index contributed by atoms with van der Waals surface area (Å²) in [7, 11) is 0. The molecular weight excluding hydrogens is 257 g/mol. The molecule has 2 aromatic rings. The molecule has 3 nitrogen and oxygen atoms in total. The molecule has 0 aliphatic carbocycles. The monoisotopic (exact) mass is 266 g/mol. The van der Waals surface area contributed by atoms with E-state index in [1.807, 2.05) is 0 Å². The number of amides is 1. The van der Waals surface area contributed by atoms with Crippen molar-refractivity contribution in [1.82, 2.24) is 4.98 Å². The minimum absolute atomic E-state index is 0.00620. The second-order valence-corrected chi connectivity index (χ2v) is 3.84. The Labute approximate surface area is 106 Å². The Morgan fingerprint density at radius 3 is 2.42 bits per heavy atom. The topological polar surface area (TPSA) is 56.0 Å². The van der Waals surface area contributed by atoms with E-state index in [-0.39, 0.29) is 16.8 Å². The molecule has 0 aliphatic heterocycles. The van der Waals surface area contributed by atoms with Gasteiger partial charge in [0.05, 0.1) is 11.3 Å². The first-order chi connectivity index (χ1) is 8.89. The summed E-state index contributed by atoms with van der Waals surface area (Å²) in [5.74, 6) is -0.797. The van der Waals surface area contributed by atoms with Crippen LogP contribution in [0.4, 0.5) is 13.2 Å². The van der Waals surface area contributed by atoms with E-state index in [9.17, 15) is 18.0 Å². The number of nitrogens with zero attached hydrogens (tertiary/aromatic N) is 1. The van der Waals surface area contributed by atoms with Crippen LogP contribution < -0.4 is 5.73 Å². The summed E-state index contributed by atoms with van der Waals surface area (Å²) in [6.45, 7) is 0. The summed E-state index contributed by atoms with van der Waals surface area (Å²) in [6, 6.07) is 7.53. The quantitative estimate of drug-likeness (QED) is 0.908. The number of halogens is 3. The van der Waals surface area contributed by atoms with Gasteiger partial charge in [0.25, 0.3) is 0 Å². The number of hydrogen-bond donors (Lipinski definition) is 1. The molecule has 0 saturated carbocycles. The lowest BCUT2D eigenvalue weighted by Gasteiger charge is -2.11. The Bertz CT molecular complexity index is 609. The molecule has 1 heterocycles. The zero-order valence-corrected chi connectivity index (χ0v) is 9.61. The maximum atomic E-state index is 12.7. The van der Waals surface area contributed by atoms with Gasteiger partial charge >= 0.3 is 6.18 Å². The van der Waals surface area contributed by atoms with Crippen molar-refractivity contribution in [1.29, 1.82) is 0 Å². The van der Waals surface area contributed by atoms with Gasteiger partial charge in [-0.15, -0.1) is 0 Å². The highest BCUT2D eigenvalue weighted by atomic mass is 19.4. The van der Waals surface area contributed by atoms with Gasteiger partial charge in [0.1, 0.15) is 0 Å². The lowest BCUT2D eigenvalue weighted by Crippen LogP contribution is -2.14. The van der Waals surface area contributed by atoms with Crippen LogP contribution in [0.5, 0.6) is 0 Å². The molecule has 0 bridgehead atoms. The van der Waals surface area contributed by atoms with E-state index >= 15 is 0 Å². The van der Waals surface area contributed by atoms with Crippen molar-refractivity contribution in [2.75, 3.05) is 0 Å². The van der Waals surface area contributed by atoms with Gasteiger partial charge in [-0.3, -0.25) is 9.78 Å². The van der Waals surface area contributed by atoms with Crippen molar-refractivity contribution < 1.29 is 18.0 Å². The number of hydrogen-bond acceptors (Lipinski definition) is 2. The fraction of sp³-hybridized carbons (Fsp3) is 0.0769. The number of carbonyl (C=O) groups is 1. The second kappa shape index (κ2) is 4.72. The first kappa shape index (κ1) is 13.1. The predicted molar refractivity (Wildman–Crippen MR) is 63.2 cm³/mol. The van der Waals surface area contributed by atoms with Gasteiger partial charge in [-0.1, -0.05) is 6.07 Å². The van der Waals surface area contributed by atoms with Crippen LogP contribution in [-0.4, -0.2) is 10.9 Å². The van der Waals surface area contributed by atoms with E-state index in [2.05, 4.69) is 4.98 Å². The molecule has 0 aliphatic rings. The molecule has 1 aromatic carbocycles. The summed E-state index contributed by atoms with van der Waals surface area (Å²) in [4.78, 5) is 15.2. The number of nitrogens with two attached hydrogens (primary N) is 1. The summed E-state index contributed by atoms with van der Waals surface area (Å²) in [6.07, 6.45) is -3.06. The molecule has 0 radical (unpaired) electrons. The van der Waals surface area contributed by atoms with Crippen molar-refractivity contribution in [3.63, 3.8) is 0 Å². The predicted octanol–water partition coefficient (Wildman–Crippen LogP) is 2.87. The van der Waals surface area contributed by atoms with Crippen molar-refractivity contribution in [3.05, 3.63) is 53.7 Å². The number of rotatable bonds is 2. The highest BCUT2D eigenvalue weighted by Crippen LogP contribution is 2.33. The average molecular weight is 266 g/mol. The van der Waals surface area contributed by atoms with Crippen molar-refractivity contribution >= 4 is 5.91 Å². The van der Waals surface area contributed by atoms with E-state index < -0.39 is 17.6 Å². The van der Waals surface area contributed by atoms with Gasteiger partial charge in [0.2, 0.25) is 5.91 Å². The van der Waals surface area contributed by atoms with Crippen LogP contribution in [0, 0.1) is 0 Å². The standard InChI is InChI=1S/C13H9F3N2O/c14-13(15,16)8-4-5-9(12(17)19)10(7-8)11-3-1-2-6-18-11/h1-7H,(H2,17,19). The minimum atomic E-state index is -4.49. The molecule has 6 heteroatoms. The molecule has 0 unspecified atom stereocenters. The molecular formula is C13H9F3N2O. The maximum Gasteiger partial charge on any atom is 0.416 e. The van der Waals surface area contributed by atoms with Crippen molar-refractivity contribution in [3.8, 4) is 11.3 Å². The third kappa shape index (κ3) is 2.73. The molecule has 0 spiro atoms. The Hall–Kier alpha value is -2.37.